The van der Waals surface area contributed by atoms with Crippen LogP contribution in [0.3, 0.4) is 0 Å². The van der Waals surface area contributed by atoms with Crippen LogP contribution in [-0.4, -0.2) is 28.2 Å². The van der Waals surface area contributed by atoms with Crippen LogP contribution in [0, 0.1) is 11.8 Å². The molecule has 0 radical (unpaired) electrons. The maximum Gasteiger partial charge on any atom is 0.104 e. The fourth-order valence-electron chi connectivity index (χ4n) is 2.17. The van der Waals surface area contributed by atoms with Gasteiger partial charge in [0.25, 0.3) is 0 Å². The first kappa shape index (κ1) is 11.5. The highest BCUT2D eigenvalue weighted by Gasteiger charge is 2.24. The second-order valence-corrected chi connectivity index (χ2v) is 5.04. The average Bonchev–Trinajstić information content (AvgIpc) is 3.04. The molecule has 0 fully saturated rings. The highest BCUT2D eigenvalue weighted by molar-refractivity contribution is 7.10. The van der Waals surface area contributed by atoms with Gasteiger partial charge in [0.15, 0.2) is 0 Å². The molecule has 18 heavy (non-hydrogen) atoms. The van der Waals surface area contributed by atoms with E-state index in [2.05, 4.69) is 33.2 Å². The maximum atomic E-state index is 8.69. The Morgan fingerprint density at radius 3 is 3.39 bits per heavy atom. The second kappa shape index (κ2) is 4.94. The minimum Gasteiger partial charge on any atom is -0.384 e. The van der Waals surface area contributed by atoms with E-state index in [0.717, 1.165) is 24.2 Å². The Bertz CT molecular complexity index is 605. The quantitative estimate of drug-likeness (QED) is 0.671. The number of nitrogens with zero attached hydrogens (tertiary/aromatic N) is 1. The molecule has 0 amide bonds. The van der Waals surface area contributed by atoms with Crippen molar-refractivity contribution < 1.29 is 5.11 Å². The summed E-state index contributed by atoms with van der Waals surface area (Å²) in [5, 5.41) is 14.2. The molecule has 0 aromatic carbocycles. The molecule has 1 unspecified atom stereocenters. The Morgan fingerprint density at radius 1 is 1.56 bits per heavy atom. The van der Waals surface area contributed by atoms with Gasteiger partial charge in [-0.25, -0.2) is 4.98 Å². The molecular weight excluding hydrogens is 246 g/mol. The van der Waals surface area contributed by atoms with Gasteiger partial charge in [0.1, 0.15) is 6.61 Å². The summed E-state index contributed by atoms with van der Waals surface area (Å²) in [5.41, 5.74) is 3.26. The summed E-state index contributed by atoms with van der Waals surface area (Å²) in [5.74, 6) is 5.59. The largest absolute Gasteiger partial charge is 0.384 e. The molecule has 3 N–H and O–H groups in total. The number of H-pyrrole nitrogens is 1. The topological polar surface area (TPSA) is 60.9 Å². The summed E-state index contributed by atoms with van der Waals surface area (Å²) in [7, 11) is 0. The lowest BCUT2D eigenvalue weighted by molar-refractivity contribution is 0.350. The van der Waals surface area contributed by atoms with Gasteiger partial charge in [-0.2, -0.15) is 0 Å². The zero-order valence-corrected chi connectivity index (χ0v) is 10.5. The molecule has 0 spiro atoms. The van der Waals surface area contributed by atoms with E-state index in [9.17, 15) is 0 Å². The third kappa shape index (κ3) is 2.06. The monoisotopic (exact) mass is 259 g/mol. The van der Waals surface area contributed by atoms with E-state index in [1.54, 1.807) is 17.7 Å². The summed E-state index contributed by atoms with van der Waals surface area (Å²) in [6.07, 6.45) is 2.75. The van der Waals surface area contributed by atoms with Crippen molar-refractivity contribution in [3.63, 3.8) is 0 Å². The van der Waals surface area contributed by atoms with Crippen molar-refractivity contribution in [2.75, 3.05) is 13.2 Å². The van der Waals surface area contributed by atoms with Crippen LogP contribution in [0.25, 0.3) is 0 Å². The van der Waals surface area contributed by atoms with Gasteiger partial charge in [-0.3, -0.25) is 0 Å². The van der Waals surface area contributed by atoms with Crippen LogP contribution < -0.4 is 5.32 Å². The van der Waals surface area contributed by atoms with Gasteiger partial charge in [0.05, 0.1) is 18.1 Å². The number of hydrogen-bond donors (Lipinski definition) is 3. The minimum absolute atomic E-state index is 0.101. The molecule has 1 atom stereocenters. The minimum atomic E-state index is -0.101. The lowest BCUT2D eigenvalue weighted by atomic mass is 10.0. The molecule has 0 saturated heterocycles. The molecule has 4 nitrogen and oxygen atoms in total. The average molecular weight is 259 g/mol. The van der Waals surface area contributed by atoms with Gasteiger partial charge in [-0.1, -0.05) is 11.8 Å². The van der Waals surface area contributed by atoms with Gasteiger partial charge in [-0.15, -0.1) is 11.3 Å². The van der Waals surface area contributed by atoms with Gasteiger partial charge in [0.2, 0.25) is 0 Å². The third-order valence-corrected chi connectivity index (χ3v) is 3.96. The molecule has 5 heteroatoms. The van der Waals surface area contributed by atoms with Crippen LogP contribution in [0.1, 0.15) is 27.9 Å². The standard InChI is InChI=1S/C13H13N3OS/c17-5-1-2-9-6-11(18-7-9)13-12-10(3-4-14-13)15-8-16-12/h6-8,13-14,17H,3-5H2,(H,15,16). The molecule has 2 aromatic rings. The van der Waals surface area contributed by atoms with Crippen molar-refractivity contribution in [1.82, 2.24) is 15.3 Å². The first-order valence-corrected chi connectivity index (χ1v) is 6.70. The molecule has 0 bridgehead atoms. The SMILES string of the molecule is OCC#Cc1csc(C2NCCc3[nH]cnc32)c1. The Kier molecular flexibility index (Phi) is 3.15. The highest BCUT2D eigenvalue weighted by atomic mass is 32.1. The fraction of sp³-hybridized carbons (Fsp3) is 0.308. The van der Waals surface area contributed by atoms with E-state index < -0.39 is 0 Å². The number of aliphatic hydroxyl groups excluding tert-OH is 1. The van der Waals surface area contributed by atoms with Crippen molar-refractivity contribution in [2.45, 2.75) is 12.5 Å². The van der Waals surface area contributed by atoms with E-state index >= 15 is 0 Å². The highest BCUT2D eigenvalue weighted by Crippen LogP contribution is 2.30. The number of fused-ring (bicyclic) bond motifs is 1. The molecular formula is C13H13N3OS. The summed E-state index contributed by atoms with van der Waals surface area (Å²) >= 11 is 1.67. The second-order valence-electron chi connectivity index (χ2n) is 4.10. The summed E-state index contributed by atoms with van der Waals surface area (Å²) < 4.78 is 0. The van der Waals surface area contributed by atoms with E-state index in [1.807, 2.05) is 5.38 Å². The molecule has 1 aliphatic rings. The van der Waals surface area contributed by atoms with Gasteiger partial charge < -0.3 is 15.4 Å². The lowest BCUT2D eigenvalue weighted by Crippen LogP contribution is -2.30. The van der Waals surface area contributed by atoms with Crippen molar-refractivity contribution in [2.24, 2.45) is 0 Å². The van der Waals surface area contributed by atoms with Crippen molar-refractivity contribution in [3.8, 4) is 11.8 Å². The van der Waals surface area contributed by atoms with Crippen molar-refractivity contribution in [3.05, 3.63) is 39.6 Å². The fourth-order valence-corrected chi connectivity index (χ4v) is 3.08. The summed E-state index contributed by atoms with van der Waals surface area (Å²) in [6.45, 7) is 0.853. The number of aromatic amines is 1. The van der Waals surface area contributed by atoms with E-state index in [-0.39, 0.29) is 12.6 Å². The summed E-state index contributed by atoms with van der Waals surface area (Å²) in [4.78, 5) is 8.80. The normalized spacial score (nSPS) is 17.9. The lowest BCUT2D eigenvalue weighted by Gasteiger charge is -2.21. The van der Waals surface area contributed by atoms with Crippen LogP contribution in [0.4, 0.5) is 0 Å². The van der Waals surface area contributed by atoms with Crippen LogP contribution >= 0.6 is 11.3 Å². The number of aliphatic hydroxyl groups is 1. The van der Waals surface area contributed by atoms with Gasteiger partial charge in [0, 0.05) is 34.5 Å². The van der Waals surface area contributed by atoms with Gasteiger partial charge in [-0.05, 0) is 6.07 Å². The number of aromatic nitrogens is 2. The number of nitrogens with one attached hydrogen (secondary N) is 2. The first-order chi connectivity index (χ1) is 8.88. The number of imidazole rings is 1. The molecule has 2 aromatic heterocycles. The molecule has 3 rings (SSSR count). The van der Waals surface area contributed by atoms with Crippen molar-refractivity contribution in [1.29, 1.82) is 0 Å². The summed E-state index contributed by atoms with van der Waals surface area (Å²) in [6, 6.07) is 2.23. The molecule has 92 valence electrons. The molecule has 0 aliphatic carbocycles. The predicted octanol–water partition coefficient (Wildman–Crippen LogP) is 1.05. The Morgan fingerprint density at radius 2 is 2.50 bits per heavy atom. The Hall–Kier alpha value is -1.61. The van der Waals surface area contributed by atoms with Gasteiger partial charge >= 0.3 is 0 Å². The molecule has 3 heterocycles. The van der Waals surface area contributed by atoms with Crippen molar-refractivity contribution >= 4 is 11.3 Å². The first-order valence-electron chi connectivity index (χ1n) is 5.82. The Labute approximate surface area is 109 Å². The van der Waals surface area contributed by atoms with E-state index in [0.29, 0.717) is 0 Å². The third-order valence-electron chi connectivity index (χ3n) is 2.96. The Balaban J connectivity index is 1.90. The smallest absolute Gasteiger partial charge is 0.104 e. The van der Waals surface area contributed by atoms with Crippen LogP contribution in [-0.2, 0) is 6.42 Å². The maximum absolute atomic E-state index is 8.69. The van der Waals surface area contributed by atoms with E-state index in [4.69, 9.17) is 5.11 Å². The zero-order valence-electron chi connectivity index (χ0n) is 9.73. The van der Waals surface area contributed by atoms with Crippen LogP contribution in [0.5, 0.6) is 0 Å². The number of thiophene rings is 1. The van der Waals surface area contributed by atoms with E-state index in [1.165, 1.54) is 10.6 Å². The predicted molar refractivity (Wildman–Crippen MR) is 70.4 cm³/mol. The zero-order chi connectivity index (χ0) is 12.4. The number of hydrogen-bond acceptors (Lipinski definition) is 4. The number of rotatable bonds is 1. The molecule has 0 saturated carbocycles. The molecule has 1 aliphatic heterocycles. The van der Waals surface area contributed by atoms with Crippen LogP contribution in [0.15, 0.2) is 17.8 Å². The van der Waals surface area contributed by atoms with Crippen LogP contribution in [0.2, 0.25) is 0 Å².